The third kappa shape index (κ3) is 3.65. The molecule has 0 fully saturated rings. The van der Waals surface area contributed by atoms with Crippen molar-refractivity contribution in [1.29, 1.82) is 0 Å². The van der Waals surface area contributed by atoms with E-state index in [1.165, 1.54) is 21.3 Å². The highest BCUT2D eigenvalue weighted by molar-refractivity contribution is 6.05. The van der Waals surface area contributed by atoms with Crippen LogP contribution in [-0.2, 0) is 0 Å². The Morgan fingerprint density at radius 2 is 1.63 bits per heavy atom. The number of aromatic nitrogens is 2. The zero-order chi connectivity index (χ0) is 21.1. The van der Waals surface area contributed by atoms with Crippen LogP contribution in [0.25, 0.3) is 22.4 Å². The molecule has 1 heterocycles. The lowest BCUT2D eigenvalue weighted by Crippen LogP contribution is -2.12. The predicted molar refractivity (Wildman–Crippen MR) is 116 cm³/mol. The summed E-state index contributed by atoms with van der Waals surface area (Å²) in [5.74, 6) is 1.83. The van der Waals surface area contributed by atoms with Crippen molar-refractivity contribution in [2.45, 2.75) is 0 Å². The molecular weight excluding hydrogens is 382 g/mol. The minimum absolute atomic E-state index is 0.262. The summed E-state index contributed by atoms with van der Waals surface area (Å²) in [4.78, 5) is 20.7. The van der Waals surface area contributed by atoms with Gasteiger partial charge in [0.2, 0.25) is 5.75 Å². The number of ether oxygens (including phenoxy) is 3. The summed E-state index contributed by atoms with van der Waals surface area (Å²) in [5.41, 5.74) is 3.67. The molecule has 30 heavy (non-hydrogen) atoms. The molecule has 4 rings (SSSR count). The molecule has 1 aromatic heterocycles. The van der Waals surface area contributed by atoms with E-state index < -0.39 is 0 Å². The van der Waals surface area contributed by atoms with E-state index in [0.717, 1.165) is 16.6 Å². The number of rotatable bonds is 6. The van der Waals surface area contributed by atoms with Crippen molar-refractivity contribution in [2.75, 3.05) is 26.6 Å². The van der Waals surface area contributed by atoms with Crippen molar-refractivity contribution in [3.05, 3.63) is 66.2 Å². The Balaban J connectivity index is 1.62. The standard InChI is InChI=1S/C23H21N3O4/c1-28-19-12-16(13-20(29-2)21(19)30-3)24-23(27)15-8-6-7-14(11-15)22-25-17-9-4-5-10-18(17)26-22/h4-13H,1-3H3,(H,24,27)(H,25,26). The number of hydrogen-bond acceptors (Lipinski definition) is 5. The number of carbonyl (C=O) groups excluding carboxylic acids is 1. The number of fused-ring (bicyclic) bond motifs is 1. The third-order valence-electron chi connectivity index (χ3n) is 4.71. The van der Waals surface area contributed by atoms with Crippen LogP contribution in [-0.4, -0.2) is 37.2 Å². The first-order valence-electron chi connectivity index (χ1n) is 9.29. The molecular formula is C23H21N3O4. The van der Waals surface area contributed by atoms with E-state index in [2.05, 4.69) is 15.3 Å². The third-order valence-corrected chi connectivity index (χ3v) is 4.71. The maximum absolute atomic E-state index is 12.9. The summed E-state index contributed by atoms with van der Waals surface area (Å²) < 4.78 is 16.0. The Bertz CT molecular complexity index is 1160. The van der Waals surface area contributed by atoms with Crippen molar-refractivity contribution >= 4 is 22.6 Å². The number of carbonyl (C=O) groups is 1. The van der Waals surface area contributed by atoms with Gasteiger partial charge in [-0.25, -0.2) is 4.98 Å². The van der Waals surface area contributed by atoms with Gasteiger partial charge >= 0.3 is 0 Å². The highest BCUT2D eigenvalue weighted by Gasteiger charge is 2.16. The number of nitrogens with one attached hydrogen (secondary N) is 2. The van der Waals surface area contributed by atoms with Crippen LogP contribution < -0.4 is 19.5 Å². The van der Waals surface area contributed by atoms with Gasteiger partial charge in [0, 0.05) is 28.9 Å². The molecule has 2 N–H and O–H groups in total. The molecule has 0 aliphatic rings. The number of para-hydroxylation sites is 2. The van der Waals surface area contributed by atoms with Gasteiger partial charge in [0.25, 0.3) is 5.91 Å². The molecule has 0 aliphatic heterocycles. The number of nitrogens with zero attached hydrogens (tertiary/aromatic N) is 1. The SMILES string of the molecule is COc1cc(NC(=O)c2cccc(-c3nc4ccccc4[nH]3)c2)cc(OC)c1OC. The molecule has 0 radical (unpaired) electrons. The summed E-state index contributed by atoms with van der Waals surface area (Å²) in [6.45, 7) is 0. The Hall–Kier alpha value is -4.00. The number of H-pyrrole nitrogens is 1. The second kappa shape index (κ2) is 8.16. The van der Waals surface area contributed by atoms with E-state index in [0.29, 0.717) is 34.3 Å². The van der Waals surface area contributed by atoms with Gasteiger partial charge < -0.3 is 24.5 Å². The highest BCUT2D eigenvalue weighted by Crippen LogP contribution is 2.40. The summed E-state index contributed by atoms with van der Waals surface area (Å²) in [6, 6.07) is 18.4. The van der Waals surface area contributed by atoms with Crippen molar-refractivity contribution in [3.63, 3.8) is 0 Å². The van der Waals surface area contributed by atoms with E-state index in [-0.39, 0.29) is 5.91 Å². The summed E-state index contributed by atoms with van der Waals surface area (Å²) in [5, 5.41) is 2.88. The lowest BCUT2D eigenvalue weighted by Gasteiger charge is -2.14. The fourth-order valence-corrected chi connectivity index (χ4v) is 3.25. The van der Waals surface area contributed by atoms with Gasteiger partial charge in [-0.05, 0) is 24.3 Å². The quantitative estimate of drug-likeness (QED) is 0.495. The van der Waals surface area contributed by atoms with E-state index in [4.69, 9.17) is 14.2 Å². The van der Waals surface area contributed by atoms with Crippen LogP contribution in [0.1, 0.15) is 10.4 Å². The first kappa shape index (κ1) is 19.3. The Labute approximate surface area is 173 Å². The summed E-state index contributed by atoms with van der Waals surface area (Å²) in [6.07, 6.45) is 0. The molecule has 7 heteroatoms. The number of amides is 1. The van der Waals surface area contributed by atoms with Gasteiger partial charge in [-0.1, -0.05) is 24.3 Å². The number of anilines is 1. The van der Waals surface area contributed by atoms with Crippen LogP contribution in [0.5, 0.6) is 17.2 Å². The largest absolute Gasteiger partial charge is 0.493 e. The predicted octanol–water partition coefficient (Wildman–Crippen LogP) is 4.51. The molecule has 0 bridgehead atoms. The Kier molecular flexibility index (Phi) is 5.26. The number of imidazole rings is 1. The fourth-order valence-electron chi connectivity index (χ4n) is 3.25. The van der Waals surface area contributed by atoms with Gasteiger partial charge in [0.05, 0.1) is 32.4 Å². The average Bonchev–Trinajstić information content (AvgIpc) is 3.22. The first-order chi connectivity index (χ1) is 14.6. The van der Waals surface area contributed by atoms with Crippen LogP contribution in [0.3, 0.4) is 0 Å². The summed E-state index contributed by atoms with van der Waals surface area (Å²) in [7, 11) is 4.58. The fraction of sp³-hybridized carbons (Fsp3) is 0.130. The molecule has 152 valence electrons. The summed E-state index contributed by atoms with van der Waals surface area (Å²) >= 11 is 0. The van der Waals surface area contributed by atoms with E-state index in [9.17, 15) is 4.79 Å². The zero-order valence-corrected chi connectivity index (χ0v) is 16.9. The molecule has 4 aromatic rings. The number of hydrogen-bond donors (Lipinski definition) is 2. The maximum atomic E-state index is 12.9. The number of methoxy groups -OCH3 is 3. The van der Waals surface area contributed by atoms with E-state index >= 15 is 0 Å². The van der Waals surface area contributed by atoms with Crippen LogP contribution in [0, 0.1) is 0 Å². The van der Waals surface area contributed by atoms with Crippen molar-refractivity contribution in [3.8, 4) is 28.6 Å². The van der Waals surface area contributed by atoms with Crippen molar-refractivity contribution in [1.82, 2.24) is 9.97 Å². The number of aromatic amines is 1. The molecule has 0 saturated heterocycles. The average molecular weight is 403 g/mol. The lowest BCUT2D eigenvalue weighted by atomic mass is 10.1. The van der Waals surface area contributed by atoms with Crippen LogP contribution >= 0.6 is 0 Å². The van der Waals surface area contributed by atoms with Gasteiger partial charge in [0.1, 0.15) is 5.82 Å². The molecule has 0 saturated carbocycles. The lowest BCUT2D eigenvalue weighted by molar-refractivity contribution is 0.102. The zero-order valence-electron chi connectivity index (χ0n) is 16.9. The van der Waals surface area contributed by atoms with Gasteiger partial charge in [-0.3, -0.25) is 4.79 Å². The Morgan fingerprint density at radius 1 is 0.900 bits per heavy atom. The van der Waals surface area contributed by atoms with Crippen molar-refractivity contribution in [2.24, 2.45) is 0 Å². The second-order valence-electron chi connectivity index (χ2n) is 6.55. The minimum Gasteiger partial charge on any atom is -0.493 e. The molecule has 3 aromatic carbocycles. The number of benzene rings is 3. The monoisotopic (exact) mass is 403 g/mol. The molecule has 0 spiro atoms. The minimum atomic E-state index is -0.262. The van der Waals surface area contributed by atoms with Gasteiger partial charge in [-0.2, -0.15) is 0 Å². The van der Waals surface area contributed by atoms with E-state index in [1.54, 1.807) is 24.3 Å². The van der Waals surface area contributed by atoms with Crippen LogP contribution in [0.2, 0.25) is 0 Å². The molecule has 0 atom stereocenters. The molecule has 7 nitrogen and oxygen atoms in total. The van der Waals surface area contributed by atoms with Gasteiger partial charge in [-0.15, -0.1) is 0 Å². The van der Waals surface area contributed by atoms with Crippen LogP contribution in [0.4, 0.5) is 5.69 Å². The van der Waals surface area contributed by atoms with Gasteiger partial charge in [0.15, 0.2) is 11.5 Å². The van der Waals surface area contributed by atoms with E-state index in [1.807, 2.05) is 36.4 Å². The Morgan fingerprint density at radius 3 is 2.30 bits per heavy atom. The first-order valence-corrected chi connectivity index (χ1v) is 9.29. The topological polar surface area (TPSA) is 85.5 Å². The molecule has 0 unspecified atom stereocenters. The van der Waals surface area contributed by atoms with Crippen LogP contribution in [0.15, 0.2) is 60.7 Å². The molecule has 0 aliphatic carbocycles. The highest BCUT2D eigenvalue weighted by atomic mass is 16.5. The second-order valence-corrected chi connectivity index (χ2v) is 6.55. The van der Waals surface area contributed by atoms with Crippen molar-refractivity contribution < 1.29 is 19.0 Å². The maximum Gasteiger partial charge on any atom is 0.255 e. The normalized spacial score (nSPS) is 10.6. The smallest absolute Gasteiger partial charge is 0.255 e. The molecule has 1 amide bonds.